The molecular weight excluding hydrogens is 570 g/mol. The van der Waals surface area contributed by atoms with Gasteiger partial charge in [0.05, 0.1) is 0 Å². The van der Waals surface area contributed by atoms with E-state index in [0.29, 0.717) is 38.3 Å². The van der Waals surface area contributed by atoms with Gasteiger partial charge in [-0.3, -0.25) is 0 Å². The Morgan fingerprint density at radius 2 is 0.889 bits per heavy atom. The summed E-state index contributed by atoms with van der Waals surface area (Å²) in [6.45, 7) is 1.88. The van der Waals surface area contributed by atoms with Gasteiger partial charge in [0.2, 0.25) is 0 Å². The van der Waals surface area contributed by atoms with Crippen LogP contribution in [0.1, 0.15) is 45.5 Å². The summed E-state index contributed by atoms with van der Waals surface area (Å²) in [5.74, 6) is 0. The van der Waals surface area contributed by atoms with E-state index in [2.05, 4.69) is 120 Å². The molecule has 0 amide bonds. The average Bonchev–Trinajstić information content (AvgIpc) is 3.48. The first-order valence-electron chi connectivity index (χ1n) is 12.9. The van der Waals surface area contributed by atoms with Gasteiger partial charge in [-0.05, 0) is 0 Å². The van der Waals surface area contributed by atoms with Gasteiger partial charge >= 0.3 is 227 Å². The van der Waals surface area contributed by atoms with E-state index in [1.54, 1.807) is 11.1 Å². The Hall–Kier alpha value is -2.16. The second-order valence-corrected chi connectivity index (χ2v) is 17.3. The summed E-state index contributed by atoms with van der Waals surface area (Å²) in [4.78, 5) is 1.47. The Morgan fingerprint density at radius 1 is 0.500 bits per heavy atom. The number of hydrogen-bond acceptors (Lipinski definition) is 2. The summed E-state index contributed by atoms with van der Waals surface area (Å²) in [7, 11) is 0. The van der Waals surface area contributed by atoms with Crippen molar-refractivity contribution >= 4 is 26.3 Å². The van der Waals surface area contributed by atoms with Crippen LogP contribution in [-0.4, -0.2) is 26.3 Å². The summed E-state index contributed by atoms with van der Waals surface area (Å²) in [5, 5.41) is 7.93. The fourth-order valence-electron chi connectivity index (χ4n) is 5.57. The van der Waals surface area contributed by atoms with Crippen LogP contribution in [0.15, 0.2) is 109 Å². The van der Waals surface area contributed by atoms with Crippen LogP contribution in [0, 0.1) is 0 Å². The predicted molar refractivity (Wildman–Crippen MR) is 151 cm³/mol. The Labute approximate surface area is 226 Å². The number of hydrogen-bond donors (Lipinski definition) is 2. The van der Waals surface area contributed by atoms with E-state index < -0.39 is 0 Å². The van der Waals surface area contributed by atoms with Gasteiger partial charge in [-0.25, -0.2) is 0 Å². The van der Waals surface area contributed by atoms with E-state index in [-0.39, 0.29) is 0 Å². The van der Waals surface area contributed by atoms with Crippen molar-refractivity contribution in [1.29, 1.82) is 0 Å². The second-order valence-electron chi connectivity index (χ2n) is 9.76. The van der Waals surface area contributed by atoms with Crippen LogP contribution in [0.5, 0.6) is 0 Å². The molecule has 2 N–H and O–H groups in total. The van der Waals surface area contributed by atoms with Gasteiger partial charge < -0.3 is 0 Å². The molecule has 4 heteroatoms. The first-order chi connectivity index (χ1) is 17.8. The van der Waals surface area contributed by atoms with Crippen LogP contribution in [0.25, 0.3) is 0 Å². The van der Waals surface area contributed by atoms with Crippen LogP contribution < -0.4 is 10.6 Å². The fourth-order valence-corrected chi connectivity index (χ4v) is 15.7. The molecule has 0 fully saturated rings. The molecule has 2 aliphatic rings. The van der Waals surface area contributed by atoms with E-state index in [1.807, 2.05) is 0 Å². The minimum atomic E-state index is 0.475. The quantitative estimate of drug-likeness (QED) is 0.228. The maximum atomic E-state index is 3.96. The fraction of sp³-hybridized carbons (Fsp3) is 0.250. The first kappa shape index (κ1) is 24.2. The van der Waals surface area contributed by atoms with Gasteiger partial charge in [0.25, 0.3) is 0 Å². The molecule has 4 atom stereocenters. The van der Waals surface area contributed by atoms with Gasteiger partial charge in [-0.2, -0.15) is 0 Å². The van der Waals surface area contributed by atoms with Crippen molar-refractivity contribution in [2.24, 2.45) is 0 Å². The average molecular weight is 603 g/mol. The van der Waals surface area contributed by atoms with Crippen LogP contribution in [0.3, 0.4) is 0 Å². The van der Waals surface area contributed by atoms with E-state index in [4.69, 9.17) is 0 Å². The Bertz CT molecular complexity index is 1180. The van der Waals surface area contributed by atoms with Gasteiger partial charge in [0.15, 0.2) is 0 Å². The van der Waals surface area contributed by atoms with E-state index in [9.17, 15) is 0 Å². The topological polar surface area (TPSA) is 24.1 Å². The number of benzene rings is 4. The molecule has 0 unspecified atom stereocenters. The van der Waals surface area contributed by atoms with E-state index >= 15 is 0 Å². The third-order valence-corrected chi connectivity index (χ3v) is 17.1. The molecule has 0 heterocycles. The normalized spacial score (nSPS) is 22.3. The maximum absolute atomic E-state index is 3.96. The molecule has 0 spiro atoms. The molecule has 0 aliphatic heterocycles. The predicted octanol–water partition coefficient (Wildman–Crippen LogP) is 6.06. The molecule has 182 valence electrons. The van der Waals surface area contributed by atoms with Crippen LogP contribution in [0.4, 0.5) is 0 Å². The van der Waals surface area contributed by atoms with Crippen molar-refractivity contribution in [2.75, 3.05) is 0 Å². The third-order valence-electron chi connectivity index (χ3n) is 7.41. The molecule has 0 bridgehead atoms. The van der Waals surface area contributed by atoms with Crippen molar-refractivity contribution in [2.45, 2.75) is 47.6 Å². The molecule has 0 aromatic heterocycles. The zero-order valence-corrected chi connectivity index (χ0v) is 23.8. The standard InChI is InChI=1S/C32H32N2Se2/c1-3-11-23(12-4-1)21-33-31-27-17-9-7-15-25(27)19-29(31)35-36-30-20-26-16-8-10-18-28(26)32(30)34-22-24-13-5-2-6-14-24/h1-18,29-34H,19-22H2/t29-,30-,31-,32-/m0/s1. The molecule has 6 rings (SSSR count). The molecule has 0 radical (unpaired) electrons. The SMILES string of the molecule is c1ccc(CN[C@H]2c3ccccc3C[C@@H]2[Se][Se][C@H]2Cc3ccccc3[C@@H]2NCc2ccccc2)cc1. The molecule has 36 heavy (non-hydrogen) atoms. The second kappa shape index (κ2) is 11.5. The Balaban J connectivity index is 1.15. The van der Waals surface area contributed by atoms with Gasteiger partial charge in [0.1, 0.15) is 0 Å². The van der Waals surface area contributed by atoms with Crippen LogP contribution in [0.2, 0.25) is 9.63 Å². The van der Waals surface area contributed by atoms with Crippen molar-refractivity contribution in [3.05, 3.63) is 143 Å². The molecule has 4 aromatic rings. The molecule has 2 aliphatic carbocycles. The van der Waals surface area contributed by atoms with Gasteiger partial charge in [-0.15, -0.1) is 0 Å². The summed E-state index contributed by atoms with van der Waals surface area (Å²) in [5.41, 5.74) is 8.91. The van der Waals surface area contributed by atoms with Crippen LogP contribution >= 0.6 is 0 Å². The Kier molecular flexibility index (Phi) is 7.72. The minimum absolute atomic E-state index is 0.475. The zero-order valence-electron chi connectivity index (χ0n) is 20.3. The first-order valence-corrected chi connectivity index (χ1v) is 19.2. The van der Waals surface area contributed by atoms with Gasteiger partial charge in [-0.1, -0.05) is 0 Å². The van der Waals surface area contributed by atoms with Crippen molar-refractivity contribution in [3.63, 3.8) is 0 Å². The molecule has 4 aromatic carbocycles. The summed E-state index contributed by atoms with van der Waals surface area (Å²) >= 11 is 1.25. The van der Waals surface area contributed by atoms with Crippen molar-refractivity contribution in [1.82, 2.24) is 10.6 Å². The molecule has 0 saturated carbocycles. The van der Waals surface area contributed by atoms with E-state index in [1.165, 1.54) is 35.1 Å². The van der Waals surface area contributed by atoms with Crippen LogP contribution in [-0.2, 0) is 25.9 Å². The molecule has 0 saturated heterocycles. The Morgan fingerprint density at radius 3 is 1.33 bits per heavy atom. The van der Waals surface area contributed by atoms with Crippen molar-refractivity contribution in [3.8, 4) is 0 Å². The zero-order chi connectivity index (χ0) is 24.2. The number of fused-ring (bicyclic) bond motifs is 2. The van der Waals surface area contributed by atoms with Crippen molar-refractivity contribution < 1.29 is 0 Å². The number of nitrogens with one attached hydrogen (secondary N) is 2. The molecule has 2 nitrogen and oxygen atoms in total. The summed E-state index contributed by atoms with van der Waals surface area (Å²) in [6.07, 6.45) is 2.46. The third kappa shape index (κ3) is 5.41. The van der Waals surface area contributed by atoms with Gasteiger partial charge in [0, 0.05) is 0 Å². The van der Waals surface area contributed by atoms with E-state index in [0.717, 1.165) is 22.7 Å². The summed E-state index contributed by atoms with van der Waals surface area (Å²) < 4.78 is 0. The summed E-state index contributed by atoms with van der Waals surface area (Å²) in [6, 6.07) is 40.9. The number of rotatable bonds is 9. The monoisotopic (exact) mass is 604 g/mol. The molecular formula is C32H32N2Se2.